The zero-order chi connectivity index (χ0) is 16.1. The highest BCUT2D eigenvalue weighted by Crippen LogP contribution is 2.17. The zero-order valence-electron chi connectivity index (χ0n) is 12.5. The monoisotopic (exact) mass is 327 g/mol. The van der Waals surface area contributed by atoms with Gasteiger partial charge in [0, 0.05) is 28.6 Å². The number of aliphatic hydroxyl groups is 1. The van der Waals surface area contributed by atoms with Gasteiger partial charge in [0.2, 0.25) is 0 Å². The Bertz CT molecular complexity index is 783. The molecule has 5 nitrogen and oxygen atoms in total. The van der Waals surface area contributed by atoms with Gasteiger partial charge in [0.05, 0.1) is 6.61 Å². The molecule has 2 heterocycles. The number of rotatable bonds is 6. The summed E-state index contributed by atoms with van der Waals surface area (Å²) in [6, 6.07) is 13.3. The van der Waals surface area contributed by atoms with Crippen molar-refractivity contribution in [2.75, 3.05) is 17.7 Å². The molecule has 3 aromatic rings. The third kappa shape index (κ3) is 3.91. The summed E-state index contributed by atoms with van der Waals surface area (Å²) in [7, 11) is 0. The number of carbonyl (C=O) groups is 1. The van der Waals surface area contributed by atoms with Crippen LogP contribution in [0.2, 0.25) is 0 Å². The second-order valence-electron chi connectivity index (χ2n) is 5.05. The summed E-state index contributed by atoms with van der Waals surface area (Å²) in [5, 5.41) is 12.6. The molecule has 0 aliphatic carbocycles. The van der Waals surface area contributed by atoms with E-state index in [9.17, 15) is 4.79 Å². The second kappa shape index (κ2) is 7.30. The maximum Gasteiger partial charge on any atom is 0.273 e. The Kier molecular flexibility index (Phi) is 4.95. The lowest BCUT2D eigenvalue weighted by atomic mass is 10.2. The van der Waals surface area contributed by atoms with Crippen LogP contribution in [0.3, 0.4) is 0 Å². The van der Waals surface area contributed by atoms with Crippen LogP contribution in [0.15, 0.2) is 48.7 Å². The molecule has 6 heteroatoms. The van der Waals surface area contributed by atoms with Gasteiger partial charge in [-0.25, -0.2) is 4.98 Å². The molecule has 0 radical (unpaired) electrons. The first-order valence-corrected chi connectivity index (χ1v) is 8.44. The van der Waals surface area contributed by atoms with E-state index in [2.05, 4.69) is 15.3 Å². The van der Waals surface area contributed by atoms with E-state index in [0.29, 0.717) is 17.3 Å². The lowest BCUT2D eigenvalue weighted by Gasteiger charge is -2.05. The number of benzene rings is 1. The minimum absolute atomic E-state index is 0.166. The average molecular weight is 327 g/mol. The van der Waals surface area contributed by atoms with E-state index in [-0.39, 0.29) is 12.5 Å². The number of H-pyrrole nitrogens is 1. The topological polar surface area (TPSA) is 78.0 Å². The third-order valence-electron chi connectivity index (χ3n) is 3.34. The molecule has 0 saturated heterocycles. The van der Waals surface area contributed by atoms with Gasteiger partial charge in [-0.2, -0.15) is 11.8 Å². The number of nitrogens with one attached hydrogen (secondary N) is 2. The van der Waals surface area contributed by atoms with Crippen molar-refractivity contribution in [1.82, 2.24) is 9.97 Å². The van der Waals surface area contributed by atoms with Crippen LogP contribution in [0.4, 0.5) is 5.82 Å². The molecule has 118 valence electrons. The largest absolute Gasteiger partial charge is 0.396 e. The van der Waals surface area contributed by atoms with Crippen LogP contribution >= 0.6 is 11.8 Å². The van der Waals surface area contributed by atoms with Crippen molar-refractivity contribution in [1.29, 1.82) is 0 Å². The van der Waals surface area contributed by atoms with Crippen molar-refractivity contribution in [2.45, 2.75) is 5.75 Å². The summed E-state index contributed by atoms with van der Waals surface area (Å²) in [4.78, 5) is 19.6. The van der Waals surface area contributed by atoms with E-state index >= 15 is 0 Å². The van der Waals surface area contributed by atoms with E-state index in [4.69, 9.17) is 5.11 Å². The number of para-hydroxylation sites is 1. The van der Waals surface area contributed by atoms with Gasteiger partial charge in [-0.05, 0) is 29.8 Å². The van der Waals surface area contributed by atoms with Crippen LogP contribution in [0.1, 0.15) is 16.1 Å². The zero-order valence-corrected chi connectivity index (χ0v) is 13.3. The normalized spacial score (nSPS) is 10.8. The predicted molar refractivity (Wildman–Crippen MR) is 93.7 cm³/mol. The van der Waals surface area contributed by atoms with E-state index in [0.717, 1.165) is 22.2 Å². The number of pyridine rings is 1. The third-order valence-corrected chi connectivity index (χ3v) is 4.35. The van der Waals surface area contributed by atoms with Crippen LogP contribution in [0, 0.1) is 0 Å². The number of aliphatic hydroxyl groups excluding tert-OH is 1. The number of amides is 1. The number of hydrogen-bond acceptors (Lipinski definition) is 4. The highest BCUT2D eigenvalue weighted by molar-refractivity contribution is 7.98. The van der Waals surface area contributed by atoms with Crippen LogP contribution in [-0.4, -0.2) is 33.3 Å². The first kappa shape index (κ1) is 15.6. The van der Waals surface area contributed by atoms with Crippen molar-refractivity contribution in [3.63, 3.8) is 0 Å². The Morgan fingerprint density at radius 1 is 1.26 bits per heavy atom. The van der Waals surface area contributed by atoms with Crippen LogP contribution in [0.5, 0.6) is 0 Å². The first-order valence-electron chi connectivity index (χ1n) is 7.29. The van der Waals surface area contributed by atoms with Crippen molar-refractivity contribution < 1.29 is 9.90 Å². The number of thioether (sulfide) groups is 1. The second-order valence-corrected chi connectivity index (χ2v) is 6.16. The number of aromatic amines is 1. The highest BCUT2D eigenvalue weighted by atomic mass is 32.2. The number of fused-ring (bicyclic) bond motifs is 1. The minimum Gasteiger partial charge on any atom is -0.396 e. The van der Waals surface area contributed by atoms with Gasteiger partial charge in [0.15, 0.2) is 0 Å². The summed E-state index contributed by atoms with van der Waals surface area (Å²) >= 11 is 1.64. The Balaban J connectivity index is 1.70. The molecule has 0 fully saturated rings. The summed E-state index contributed by atoms with van der Waals surface area (Å²) in [6.07, 6.45) is 1.68. The molecule has 0 spiro atoms. The molecule has 0 aliphatic heterocycles. The molecule has 3 N–H and O–H groups in total. The smallest absolute Gasteiger partial charge is 0.273 e. The summed E-state index contributed by atoms with van der Waals surface area (Å²) in [5.41, 5.74) is 2.50. The predicted octanol–water partition coefficient (Wildman–Crippen LogP) is 3.04. The van der Waals surface area contributed by atoms with E-state index in [1.807, 2.05) is 42.5 Å². The quantitative estimate of drug-likeness (QED) is 0.608. The summed E-state index contributed by atoms with van der Waals surface area (Å²) in [5.74, 6) is 1.78. The first-order chi connectivity index (χ1) is 11.3. The number of anilines is 1. The van der Waals surface area contributed by atoms with Crippen LogP contribution in [0.25, 0.3) is 10.9 Å². The molecule has 1 amide bonds. The van der Waals surface area contributed by atoms with E-state index < -0.39 is 0 Å². The van der Waals surface area contributed by atoms with Gasteiger partial charge in [0.25, 0.3) is 5.91 Å². The number of hydrogen-bond donors (Lipinski definition) is 3. The number of aromatic nitrogens is 2. The van der Waals surface area contributed by atoms with Crippen molar-refractivity contribution in [3.05, 3.63) is 59.9 Å². The Labute approximate surface area is 138 Å². The SMILES string of the molecule is O=C(Nc1cc(CSCCO)ccn1)c1cc2ccccc2[nH]1. The Morgan fingerprint density at radius 2 is 2.13 bits per heavy atom. The van der Waals surface area contributed by atoms with Gasteiger partial charge >= 0.3 is 0 Å². The van der Waals surface area contributed by atoms with Crippen molar-refractivity contribution in [2.24, 2.45) is 0 Å². The van der Waals surface area contributed by atoms with Gasteiger partial charge in [-0.15, -0.1) is 0 Å². The van der Waals surface area contributed by atoms with Gasteiger partial charge in [-0.1, -0.05) is 18.2 Å². The average Bonchev–Trinajstić information content (AvgIpc) is 3.00. The van der Waals surface area contributed by atoms with E-state index in [1.165, 1.54) is 0 Å². The standard InChI is InChI=1S/C17H17N3O2S/c21-7-8-23-11-12-5-6-18-16(9-12)20-17(22)15-10-13-3-1-2-4-14(13)19-15/h1-6,9-10,19,21H,7-8,11H2,(H,18,20,22). The Hall–Kier alpha value is -2.31. The maximum atomic E-state index is 12.3. The van der Waals surface area contributed by atoms with Crippen molar-refractivity contribution >= 4 is 34.4 Å². The molecule has 2 aromatic heterocycles. The van der Waals surface area contributed by atoms with Gasteiger partial charge in [0.1, 0.15) is 11.5 Å². The maximum absolute atomic E-state index is 12.3. The molecule has 0 bridgehead atoms. The summed E-state index contributed by atoms with van der Waals surface area (Å²) in [6.45, 7) is 0.166. The molecule has 0 atom stereocenters. The fraction of sp³-hybridized carbons (Fsp3) is 0.176. The Morgan fingerprint density at radius 3 is 2.96 bits per heavy atom. The molecule has 3 rings (SSSR count). The lowest BCUT2D eigenvalue weighted by molar-refractivity contribution is 0.102. The summed E-state index contributed by atoms with van der Waals surface area (Å²) < 4.78 is 0. The molecular weight excluding hydrogens is 310 g/mol. The van der Waals surface area contributed by atoms with Crippen LogP contribution in [-0.2, 0) is 5.75 Å². The number of nitrogens with zero attached hydrogens (tertiary/aromatic N) is 1. The molecule has 0 unspecified atom stereocenters. The molecular formula is C17H17N3O2S. The van der Waals surface area contributed by atoms with Gasteiger partial charge in [-0.3, -0.25) is 4.79 Å². The molecule has 0 saturated carbocycles. The fourth-order valence-electron chi connectivity index (χ4n) is 2.27. The minimum atomic E-state index is -0.214. The fourth-order valence-corrected chi connectivity index (χ4v) is 2.96. The molecule has 0 aliphatic rings. The van der Waals surface area contributed by atoms with Crippen LogP contribution < -0.4 is 5.32 Å². The molecule has 1 aromatic carbocycles. The highest BCUT2D eigenvalue weighted by Gasteiger charge is 2.10. The van der Waals surface area contributed by atoms with E-state index in [1.54, 1.807) is 18.0 Å². The molecule has 23 heavy (non-hydrogen) atoms. The van der Waals surface area contributed by atoms with Crippen molar-refractivity contribution in [3.8, 4) is 0 Å². The number of carbonyl (C=O) groups excluding carboxylic acids is 1. The van der Waals surface area contributed by atoms with Gasteiger partial charge < -0.3 is 15.4 Å². The lowest BCUT2D eigenvalue weighted by Crippen LogP contribution is -2.13.